The molecule has 0 radical (unpaired) electrons. The molecule has 168 valence electrons. The smallest absolute Gasteiger partial charge is 0.251 e. The first-order valence-corrected chi connectivity index (χ1v) is 11.1. The van der Waals surface area contributed by atoms with E-state index in [0.717, 1.165) is 50.5 Å². The molecule has 7 nitrogen and oxygen atoms in total. The molecule has 2 atom stereocenters. The van der Waals surface area contributed by atoms with Gasteiger partial charge in [-0.3, -0.25) is 9.79 Å². The zero-order valence-corrected chi connectivity index (χ0v) is 18.9. The van der Waals surface area contributed by atoms with Crippen LogP contribution in [0.3, 0.4) is 0 Å². The van der Waals surface area contributed by atoms with Gasteiger partial charge in [0.05, 0.1) is 12.2 Å². The predicted molar refractivity (Wildman–Crippen MR) is 121 cm³/mol. The van der Waals surface area contributed by atoms with Crippen molar-refractivity contribution in [2.75, 3.05) is 33.4 Å². The summed E-state index contributed by atoms with van der Waals surface area (Å²) in [5.74, 6) is 1.16. The van der Waals surface area contributed by atoms with Crippen LogP contribution >= 0.6 is 0 Å². The van der Waals surface area contributed by atoms with Crippen molar-refractivity contribution >= 4 is 11.9 Å². The van der Waals surface area contributed by atoms with E-state index in [0.29, 0.717) is 24.6 Å². The van der Waals surface area contributed by atoms with Gasteiger partial charge < -0.3 is 25.4 Å². The molecule has 1 heterocycles. The van der Waals surface area contributed by atoms with Crippen molar-refractivity contribution in [3.8, 4) is 0 Å². The average Bonchev–Trinajstić information content (AvgIpc) is 3.27. The Labute approximate surface area is 181 Å². The fourth-order valence-corrected chi connectivity index (χ4v) is 3.50. The molecule has 7 heteroatoms. The molecule has 1 aliphatic heterocycles. The van der Waals surface area contributed by atoms with E-state index in [1.54, 1.807) is 7.05 Å². The van der Waals surface area contributed by atoms with E-state index >= 15 is 0 Å². The third-order valence-corrected chi connectivity index (χ3v) is 5.23. The predicted octanol–water partition coefficient (Wildman–Crippen LogP) is 2.71. The van der Waals surface area contributed by atoms with Gasteiger partial charge in [0.1, 0.15) is 0 Å². The Morgan fingerprint density at radius 1 is 1.30 bits per heavy atom. The summed E-state index contributed by atoms with van der Waals surface area (Å²) in [5, 5.41) is 9.62. The van der Waals surface area contributed by atoms with Crippen LogP contribution in [-0.2, 0) is 16.0 Å². The summed E-state index contributed by atoms with van der Waals surface area (Å²) in [4.78, 5) is 16.7. The third kappa shape index (κ3) is 8.32. The molecule has 30 heavy (non-hydrogen) atoms. The molecule has 0 bridgehead atoms. The number of guanidine groups is 1. The molecule has 1 aromatic carbocycles. The first kappa shape index (κ1) is 24.2. The summed E-state index contributed by atoms with van der Waals surface area (Å²) in [6, 6.07) is 7.65. The molecule has 0 saturated carbocycles. The number of rotatable bonds is 11. The van der Waals surface area contributed by atoms with E-state index in [-0.39, 0.29) is 18.1 Å². The molecular formula is C23H38N4O3. The first-order valence-electron chi connectivity index (χ1n) is 11.1. The third-order valence-electron chi connectivity index (χ3n) is 5.23. The Morgan fingerprint density at radius 2 is 2.13 bits per heavy atom. The van der Waals surface area contributed by atoms with Gasteiger partial charge >= 0.3 is 0 Å². The van der Waals surface area contributed by atoms with Crippen LogP contribution in [0, 0.1) is 5.92 Å². The number of hydrogen-bond acceptors (Lipinski definition) is 4. The van der Waals surface area contributed by atoms with E-state index in [1.165, 1.54) is 0 Å². The summed E-state index contributed by atoms with van der Waals surface area (Å²) < 4.78 is 11.4. The number of ether oxygens (including phenoxy) is 2. The Kier molecular flexibility index (Phi) is 10.7. The maximum absolute atomic E-state index is 12.4. The summed E-state index contributed by atoms with van der Waals surface area (Å²) in [7, 11) is 1.76. The number of carbonyl (C=O) groups is 1. The minimum absolute atomic E-state index is 0.0643. The van der Waals surface area contributed by atoms with Crippen LogP contribution in [0.15, 0.2) is 29.3 Å². The van der Waals surface area contributed by atoms with Gasteiger partial charge in [0.15, 0.2) is 5.96 Å². The van der Waals surface area contributed by atoms with Crippen molar-refractivity contribution < 1.29 is 14.3 Å². The number of amides is 1. The highest BCUT2D eigenvalue weighted by Crippen LogP contribution is 2.12. The number of aliphatic imine (C=N–C) groups is 1. The molecule has 1 aromatic rings. The molecule has 0 spiro atoms. The minimum atomic E-state index is -0.0643. The molecule has 2 rings (SSSR count). The molecule has 1 aliphatic rings. The number of hydrogen-bond donors (Lipinski definition) is 3. The number of benzene rings is 1. The van der Waals surface area contributed by atoms with Crippen LogP contribution in [0.25, 0.3) is 0 Å². The van der Waals surface area contributed by atoms with Crippen molar-refractivity contribution in [3.05, 3.63) is 35.4 Å². The van der Waals surface area contributed by atoms with Crippen LogP contribution in [0.4, 0.5) is 0 Å². The summed E-state index contributed by atoms with van der Waals surface area (Å²) >= 11 is 0. The standard InChI is InChI=1S/C23H38N4O3/c1-5-29-21(17(2)3)11-12-25-23(24-4)27-15-18-8-6-9-19(14-18)22(28)26-16-20-10-7-13-30-20/h6,8-9,14,17,20-21H,5,7,10-13,15-16H2,1-4H3,(H,26,28)(H2,24,25,27). The lowest BCUT2D eigenvalue weighted by molar-refractivity contribution is 0.0258. The summed E-state index contributed by atoms with van der Waals surface area (Å²) in [6.45, 7) is 9.85. The minimum Gasteiger partial charge on any atom is -0.378 e. The Hall–Kier alpha value is -2.12. The highest BCUT2D eigenvalue weighted by Gasteiger charge is 2.17. The van der Waals surface area contributed by atoms with E-state index in [1.807, 2.05) is 31.2 Å². The molecule has 1 fully saturated rings. The highest BCUT2D eigenvalue weighted by atomic mass is 16.5. The summed E-state index contributed by atoms with van der Waals surface area (Å²) in [6.07, 6.45) is 3.39. The van der Waals surface area contributed by atoms with E-state index in [2.05, 4.69) is 34.8 Å². The topological polar surface area (TPSA) is 84.0 Å². The van der Waals surface area contributed by atoms with E-state index in [9.17, 15) is 4.79 Å². The van der Waals surface area contributed by atoms with Crippen molar-refractivity contribution in [1.29, 1.82) is 0 Å². The van der Waals surface area contributed by atoms with Gasteiger partial charge in [-0.25, -0.2) is 0 Å². The number of nitrogens with zero attached hydrogens (tertiary/aromatic N) is 1. The van der Waals surface area contributed by atoms with Crippen LogP contribution in [0.1, 0.15) is 56.0 Å². The SMILES string of the molecule is CCOC(CCNC(=NC)NCc1cccc(C(=O)NCC2CCCO2)c1)C(C)C. The van der Waals surface area contributed by atoms with Gasteiger partial charge in [-0.1, -0.05) is 26.0 Å². The molecular weight excluding hydrogens is 380 g/mol. The lowest BCUT2D eigenvalue weighted by atomic mass is 10.0. The first-order chi connectivity index (χ1) is 14.5. The van der Waals surface area contributed by atoms with Crippen LogP contribution in [0.2, 0.25) is 0 Å². The van der Waals surface area contributed by atoms with Gasteiger partial charge in [-0.2, -0.15) is 0 Å². The van der Waals surface area contributed by atoms with Crippen LogP contribution < -0.4 is 16.0 Å². The van der Waals surface area contributed by atoms with Gasteiger partial charge in [0, 0.05) is 45.5 Å². The van der Waals surface area contributed by atoms with Crippen LogP contribution in [0.5, 0.6) is 0 Å². The normalized spacial score (nSPS) is 17.8. The zero-order chi connectivity index (χ0) is 21.8. The molecule has 3 N–H and O–H groups in total. The highest BCUT2D eigenvalue weighted by molar-refractivity contribution is 5.94. The second kappa shape index (κ2) is 13.2. The lowest BCUT2D eigenvalue weighted by Crippen LogP contribution is -2.39. The van der Waals surface area contributed by atoms with E-state index < -0.39 is 0 Å². The Morgan fingerprint density at radius 3 is 2.80 bits per heavy atom. The van der Waals surface area contributed by atoms with Crippen LogP contribution in [-0.4, -0.2) is 57.4 Å². The molecule has 1 amide bonds. The lowest BCUT2D eigenvalue weighted by Gasteiger charge is -2.21. The maximum Gasteiger partial charge on any atom is 0.251 e. The van der Waals surface area contributed by atoms with Gasteiger partial charge in [0.2, 0.25) is 0 Å². The number of nitrogens with one attached hydrogen (secondary N) is 3. The van der Waals surface area contributed by atoms with Crippen molar-refractivity contribution in [3.63, 3.8) is 0 Å². The second-order valence-corrected chi connectivity index (χ2v) is 7.92. The number of carbonyl (C=O) groups excluding carboxylic acids is 1. The maximum atomic E-state index is 12.4. The zero-order valence-electron chi connectivity index (χ0n) is 18.9. The van der Waals surface area contributed by atoms with Crippen molar-refractivity contribution in [2.45, 2.75) is 58.8 Å². The molecule has 0 aromatic heterocycles. The molecule has 2 unspecified atom stereocenters. The van der Waals surface area contributed by atoms with Crippen molar-refractivity contribution in [1.82, 2.24) is 16.0 Å². The molecule has 1 saturated heterocycles. The Balaban J connectivity index is 1.78. The largest absolute Gasteiger partial charge is 0.378 e. The quantitative estimate of drug-likeness (QED) is 0.380. The van der Waals surface area contributed by atoms with Gasteiger partial charge in [0.25, 0.3) is 5.91 Å². The fraction of sp³-hybridized carbons (Fsp3) is 0.652. The fourth-order valence-electron chi connectivity index (χ4n) is 3.50. The monoisotopic (exact) mass is 418 g/mol. The Bertz CT molecular complexity index is 672. The van der Waals surface area contributed by atoms with E-state index in [4.69, 9.17) is 9.47 Å². The average molecular weight is 419 g/mol. The molecule has 0 aliphatic carbocycles. The van der Waals surface area contributed by atoms with Gasteiger partial charge in [-0.05, 0) is 49.8 Å². The second-order valence-electron chi connectivity index (χ2n) is 7.92. The van der Waals surface area contributed by atoms with Gasteiger partial charge in [-0.15, -0.1) is 0 Å². The summed E-state index contributed by atoms with van der Waals surface area (Å²) in [5.41, 5.74) is 1.68. The van der Waals surface area contributed by atoms with Crippen molar-refractivity contribution in [2.24, 2.45) is 10.9 Å².